The summed E-state index contributed by atoms with van der Waals surface area (Å²) in [7, 11) is 0. The van der Waals surface area contributed by atoms with Crippen LogP contribution >= 0.6 is 0 Å². The second-order valence-corrected chi connectivity index (χ2v) is 6.67. The van der Waals surface area contributed by atoms with E-state index in [0.717, 1.165) is 0 Å². The van der Waals surface area contributed by atoms with Gasteiger partial charge in [-0.1, -0.05) is 18.2 Å². The maximum absolute atomic E-state index is 13.7. The zero-order valence-electron chi connectivity index (χ0n) is 13.9. The van der Waals surface area contributed by atoms with Crippen LogP contribution in [0, 0.1) is 17.7 Å². The predicted octanol–water partition coefficient (Wildman–Crippen LogP) is 0.289. The summed E-state index contributed by atoms with van der Waals surface area (Å²) in [5, 5.41) is 9.15. The number of carboxylic acids is 1. The van der Waals surface area contributed by atoms with Gasteiger partial charge in [-0.25, -0.2) is 15.2 Å². The molecule has 1 aromatic rings. The molecule has 2 heterocycles. The molecule has 2 fully saturated rings. The summed E-state index contributed by atoms with van der Waals surface area (Å²) >= 11 is 0. The number of hydrogen-bond acceptors (Lipinski definition) is 5. The van der Waals surface area contributed by atoms with Gasteiger partial charge in [-0.3, -0.25) is 9.59 Å². The summed E-state index contributed by atoms with van der Waals surface area (Å²) in [4.78, 5) is 25.4. The predicted molar refractivity (Wildman–Crippen MR) is 88.6 cm³/mol. The lowest BCUT2D eigenvalue weighted by Crippen LogP contribution is -2.41. The minimum atomic E-state index is -0.852. The number of carboxylic acid groups (broad SMARTS) is 1. The minimum absolute atomic E-state index is 0.0416. The number of aliphatic carboxylic acids is 1. The summed E-state index contributed by atoms with van der Waals surface area (Å²) in [5.74, 6) is -1.23. The number of aryl methyl sites for hydroxylation is 1. The molecule has 2 saturated heterocycles. The van der Waals surface area contributed by atoms with Gasteiger partial charge in [0.2, 0.25) is 5.91 Å². The van der Waals surface area contributed by atoms with Crippen molar-refractivity contribution in [3.63, 3.8) is 0 Å². The Labute approximate surface area is 145 Å². The Morgan fingerprint density at radius 2 is 2.08 bits per heavy atom. The van der Waals surface area contributed by atoms with Gasteiger partial charge in [0.05, 0.1) is 6.42 Å². The molecule has 7 nitrogen and oxygen atoms in total. The monoisotopic (exact) mass is 350 g/mol. The first-order chi connectivity index (χ1) is 12.0. The third kappa shape index (κ3) is 4.33. The average Bonchev–Trinajstić information content (AvgIpc) is 3.22. The lowest BCUT2D eigenvalue weighted by molar-refractivity contribution is -0.138. The molecule has 1 unspecified atom stereocenters. The lowest BCUT2D eigenvalue weighted by atomic mass is 9.87. The van der Waals surface area contributed by atoms with E-state index in [1.165, 1.54) is 6.07 Å². The van der Waals surface area contributed by atoms with E-state index in [-0.39, 0.29) is 42.4 Å². The van der Waals surface area contributed by atoms with E-state index in [0.29, 0.717) is 31.6 Å². The molecule has 2 aliphatic heterocycles. The van der Waals surface area contributed by atoms with Crippen LogP contribution in [0.1, 0.15) is 18.4 Å². The lowest BCUT2D eigenvalue weighted by Gasteiger charge is -2.22. The third-order valence-corrected chi connectivity index (χ3v) is 5.03. The van der Waals surface area contributed by atoms with E-state index in [2.05, 4.69) is 16.4 Å². The fourth-order valence-corrected chi connectivity index (χ4v) is 3.71. The van der Waals surface area contributed by atoms with E-state index < -0.39 is 5.97 Å². The Morgan fingerprint density at radius 1 is 1.28 bits per heavy atom. The minimum Gasteiger partial charge on any atom is -0.481 e. The SMILES string of the molecule is O=C(O)C[C@@H]1CN(C(=O)CCc2ccccc2F)C[C@@H]1C1CNNN1. The summed E-state index contributed by atoms with van der Waals surface area (Å²) < 4.78 is 13.7. The zero-order valence-corrected chi connectivity index (χ0v) is 13.9. The van der Waals surface area contributed by atoms with Gasteiger partial charge in [-0.05, 0) is 29.9 Å². The normalized spacial score (nSPS) is 26.1. The number of carbonyl (C=O) groups is 2. The number of likely N-dealkylation sites (tertiary alicyclic amines) is 1. The van der Waals surface area contributed by atoms with Gasteiger partial charge in [0, 0.05) is 32.1 Å². The Bertz CT molecular complexity index is 636. The number of halogens is 1. The Kier molecular flexibility index (Phi) is 5.62. The van der Waals surface area contributed by atoms with Crippen LogP contribution in [0.3, 0.4) is 0 Å². The van der Waals surface area contributed by atoms with Crippen LogP contribution < -0.4 is 16.4 Å². The fourth-order valence-electron chi connectivity index (χ4n) is 3.71. The van der Waals surface area contributed by atoms with Gasteiger partial charge < -0.3 is 10.0 Å². The highest BCUT2D eigenvalue weighted by atomic mass is 19.1. The molecule has 3 atom stereocenters. The van der Waals surface area contributed by atoms with Gasteiger partial charge in [0.15, 0.2) is 0 Å². The topological polar surface area (TPSA) is 93.7 Å². The standard InChI is InChI=1S/C17H23FN4O3/c18-14-4-2-1-3-11(14)5-6-16(23)22-9-12(7-17(24)25)13(10-22)15-8-19-21-20-15/h1-4,12-13,15,19-21H,5-10H2,(H,24,25)/t12-,13+,15?/m1/s1. The second-order valence-electron chi connectivity index (χ2n) is 6.67. The molecule has 0 aromatic heterocycles. The number of hydrazine groups is 2. The highest BCUT2D eigenvalue weighted by molar-refractivity contribution is 5.77. The summed E-state index contributed by atoms with van der Waals surface area (Å²) in [6.07, 6.45) is 0.614. The first-order valence-electron chi connectivity index (χ1n) is 8.51. The molecule has 1 amide bonds. The van der Waals surface area contributed by atoms with Crippen molar-refractivity contribution in [2.75, 3.05) is 19.6 Å². The number of amides is 1. The molecule has 4 N–H and O–H groups in total. The Morgan fingerprint density at radius 3 is 2.76 bits per heavy atom. The summed E-state index contributed by atoms with van der Waals surface area (Å²) in [6.45, 7) is 1.64. The van der Waals surface area contributed by atoms with Gasteiger partial charge in [-0.2, -0.15) is 5.53 Å². The van der Waals surface area contributed by atoms with E-state index in [1.54, 1.807) is 23.1 Å². The number of hydrogen-bond donors (Lipinski definition) is 4. The van der Waals surface area contributed by atoms with Crippen LogP contribution in [0.5, 0.6) is 0 Å². The number of nitrogens with zero attached hydrogens (tertiary/aromatic N) is 1. The molecule has 136 valence electrons. The molecule has 0 aliphatic carbocycles. The summed E-state index contributed by atoms with van der Waals surface area (Å²) in [6, 6.07) is 6.53. The molecule has 0 saturated carbocycles. The van der Waals surface area contributed by atoms with Crippen LogP contribution in [0.25, 0.3) is 0 Å². The Hall–Kier alpha value is -2.03. The van der Waals surface area contributed by atoms with Crippen LogP contribution in [-0.2, 0) is 16.0 Å². The highest BCUT2D eigenvalue weighted by Crippen LogP contribution is 2.30. The van der Waals surface area contributed by atoms with Crippen molar-refractivity contribution in [3.8, 4) is 0 Å². The molecule has 25 heavy (non-hydrogen) atoms. The van der Waals surface area contributed by atoms with Crippen LogP contribution in [0.4, 0.5) is 4.39 Å². The number of carbonyl (C=O) groups excluding carboxylic acids is 1. The van der Waals surface area contributed by atoms with Crippen molar-refractivity contribution < 1.29 is 19.1 Å². The first-order valence-corrected chi connectivity index (χ1v) is 8.51. The largest absolute Gasteiger partial charge is 0.481 e. The molecule has 0 spiro atoms. The summed E-state index contributed by atoms with van der Waals surface area (Å²) in [5.41, 5.74) is 9.41. The van der Waals surface area contributed by atoms with Crippen molar-refractivity contribution in [1.82, 2.24) is 21.3 Å². The maximum Gasteiger partial charge on any atom is 0.303 e. The van der Waals surface area contributed by atoms with Gasteiger partial charge >= 0.3 is 5.97 Å². The number of rotatable bonds is 6. The quantitative estimate of drug-likeness (QED) is 0.589. The third-order valence-electron chi connectivity index (χ3n) is 5.03. The van der Waals surface area contributed by atoms with E-state index >= 15 is 0 Å². The maximum atomic E-state index is 13.7. The average molecular weight is 350 g/mol. The van der Waals surface area contributed by atoms with Crippen molar-refractivity contribution in [2.45, 2.75) is 25.3 Å². The van der Waals surface area contributed by atoms with Crippen LogP contribution in [0.2, 0.25) is 0 Å². The first kappa shape index (κ1) is 17.8. The molecule has 0 bridgehead atoms. The van der Waals surface area contributed by atoms with E-state index in [9.17, 15) is 14.0 Å². The molecule has 8 heteroatoms. The molecular weight excluding hydrogens is 327 g/mol. The van der Waals surface area contributed by atoms with Crippen LogP contribution in [0.15, 0.2) is 24.3 Å². The molecule has 1 aromatic carbocycles. The fraction of sp³-hybridized carbons (Fsp3) is 0.529. The van der Waals surface area contributed by atoms with Crippen molar-refractivity contribution in [1.29, 1.82) is 0 Å². The van der Waals surface area contributed by atoms with E-state index in [1.807, 2.05) is 0 Å². The molecular formula is C17H23FN4O3. The number of nitrogens with one attached hydrogen (secondary N) is 3. The van der Waals surface area contributed by atoms with Crippen LogP contribution in [-0.4, -0.2) is 47.6 Å². The van der Waals surface area contributed by atoms with Gasteiger partial charge in [0.1, 0.15) is 5.82 Å². The zero-order chi connectivity index (χ0) is 17.8. The Balaban J connectivity index is 1.60. The molecule has 3 rings (SSSR count). The van der Waals surface area contributed by atoms with Gasteiger partial charge in [-0.15, -0.1) is 0 Å². The number of benzene rings is 1. The second kappa shape index (κ2) is 7.90. The molecule has 0 radical (unpaired) electrons. The smallest absolute Gasteiger partial charge is 0.303 e. The van der Waals surface area contributed by atoms with Crippen molar-refractivity contribution in [2.24, 2.45) is 11.8 Å². The highest BCUT2D eigenvalue weighted by Gasteiger charge is 2.41. The molecule has 2 aliphatic rings. The van der Waals surface area contributed by atoms with Crippen molar-refractivity contribution in [3.05, 3.63) is 35.6 Å². The van der Waals surface area contributed by atoms with Crippen molar-refractivity contribution >= 4 is 11.9 Å². The van der Waals surface area contributed by atoms with E-state index in [4.69, 9.17) is 5.11 Å². The van der Waals surface area contributed by atoms with Gasteiger partial charge in [0.25, 0.3) is 0 Å².